The molecule has 0 radical (unpaired) electrons. The quantitative estimate of drug-likeness (QED) is 0.549. The summed E-state index contributed by atoms with van der Waals surface area (Å²) in [5, 5.41) is 20.6. The molecule has 0 amide bonds. The molecule has 1 aromatic rings. The zero-order chi connectivity index (χ0) is 14.9. The average molecular weight is 306 g/mol. The molecule has 1 aromatic heterocycles. The fraction of sp³-hybridized carbons (Fsp3) is 0.500. The van der Waals surface area contributed by atoms with Crippen molar-refractivity contribution in [1.29, 1.82) is 0 Å². The minimum atomic E-state index is -2.74. The molecule has 20 heavy (non-hydrogen) atoms. The Labute approximate surface area is 115 Å². The van der Waals surface area contributed by atoms with E-state index in [0.717, 1.165) is 6.33 Å². The number of aliphatic hydroxyl groups excluding tert-OH is 2. The van der Waals surface area contributed by atoms with Crippen molar-refractivity contribution in [3.63, 3.8) is 0 Å². The third kappa shape index (κ3) is 2.23. The molecule has 1 aliphatic rings. The molecule has 0 aliphatic carbocycles. The number of H-pyrrole nitrogens is 1. The summed E-state index contributed by atoms with van der Waals surface area (Å²) in [6, 6.07) is 0. The van der Waals surface area contributed by atoms with Gasteiger partial charge in [0.05, 0.1) is 6.61 Å². The Kier molecular flexibility index (Phi) is 3.92. The summed E-state index contributed by atoms with van der Waals surface area (Å²) in [5.74, 6) is 1.91. The number of hydrogen-bond acceptors (Lipinski definition) is 6. The van der Waals surface area contributed by atoms with Gasteiger partial charge in [-0.3, -0.25) is 9.55 Å². The molecular weight excluding hydrogens is 297 g/mol. The van der Waals surface area contributed by atoms with Gasteiger partial charge in [0, 0.05) is 5.38 Å². The highest BCUT2D eigenvalue weighted by Gasteiger charge is 2.58. The van der Waals surface area contributed by atoms with Crippen LogP contribution < -0.4 is 11.4 Å². The molecule has 0 saturated carbocycles. The van der Waals surface area contributed by atoms with Gasteiger partial charge in [-0.25, -0.2) is 14.0 Å². The number of rotatable bonds is 2. The maximum Gasteiger partial charge on any atom is 0.350 e. The number of aromatic nitrogens is 3. The van der Waals surface area contributed by atoms with Crippen molar-refractivity contribution in [2.24, 2.45) is 0 Å². The van der Waals surface area contributed by atoms with Crippen LogP contribution >= 0.6 is 11.6 Å². The average Bonchev–Trinajstić information content (AvgIpc) is 2.63. The summed E-state index contributed by atoms with van der Waals surface area (Å²) in [6.45, 7) is -0.696. The van der Waals surface area contributed by atoms with Crippen molar-refractivity contribution in [1.82, 2.24) is 14.5 Å². The Balaban J connectivity index is 2.55. The molecule has 0 aromatic carbocycles. The molecule has 0 bridgehead atoms. The van der Waals surface area contributed by atoms with E-state index in [9.17, 15) is 19.1 Å². The highest BCUT2D eigenvalue weighted by Crippen LogP contribution is 2.40. The van der Waals surface area contributed by atoms with E-state index in [-0.39, 0.29) is 0 Å². The summed E-state index contributed by atoms with van der Waals surface area (Å²) in [6.07, 6.45) is -4.09. The number of alkyl halides is 1. The minimum absolute atomic E-state index is 0.613. The summed E-state index contributed by atoms with van der Waals surface area (Å²) in [7, 11) is 0. The number of nitrogens with one attached hydrogen (secondary N) is 1. The first-order valence-corrected chi connectivity index (χ1v) is 5.75. The lowest BCUT2D eigenvalue weighted by Crippen LogP contribution is -2.45. The first kappa shape index (κ1) is 14.7. The van der Waals surface area contributed by atoms with Gasteiger partial charge in [-0.1, -0.05) is 0 Å². The van der Waals surface area contributed by atoms with Gasteiger partial charge in [0.1, 0.15) is 18.5 Å². The predicted octanol–water partition coefficient (Wildman–Crippen LogP) is -1.91. The third-order valence-electron chi connectivity index (χ3n) is 2.86. The summed E-state index contributed by atoms with van der Waals surface area (Å²) < 4.78 is 20.4. The van der Waals surface area contributed by atoms with E-state index < -0.39 is 42.1 Å². The number of nitrogens with zero attached hydrogens (tertiary/aromatic N) is 2. The monoisotopic (exact) mass is 305 g/mol. The molecule has 1 fully saturated rings. The Morgan fingerprint density at radius 3 is 2.90 bits per heavy atom. The van der Waals surface area contributed by atoms with E-state index in [1.54, 1.807) is 5.38 Å². The van der Waals surface area contributed by atoms with Crippen LogP contribution in [0.15, 0.2) is 15.9 Å². The van der Waals surface area contributed by atoms with Crippen molar-refractivity contribution >= 4 is 11.6 Å². The first-order chi connectivity index (χ1) is 9.43. The second kappa shape index (κ2) is 5.34. The Morgan fingerprint density at radius 2 is 2.35 bits per heavy atom. The van der Waals surface area contributed by atoms with E-state index in [2.05, 4.69) is 4.98 Å². The van der Waals surface area contributed by atoms with Crippen LogP contribution in [0.1, 0.15) is 6.23 Å². The number of ether oxygens (including phenoxy) is 1. The molecule has 3 N–H and O–H groups in total. The number of aromatic amines is 1. The zero-order valence-corrected chi connectivity index (χ0v) is 10.5. The van der Waals surface area contributed by atoms with Crippen LogP contribution in [0.25, 0.3) is 0 Å². The maximum absolute atomic E-state index is 14.8. The van der Waals surface area contributed by atoms with E-state index in [1.807, 2.05) is 10.9 Å². The summed E-state index contributed by atoms with van der Waals surface area (Å²) in [4.78, 5) is 27.6. The van der Waals surface area contributed by atoms with Gasteiger partial charge in [-0.05, 0) is 17.5 Å². The molecule has 0 spiro atoms. The van der Waals surface area contributed by atoms with E-state index in [1.165, 1.54) is 0 Å². The van der Waals surface area contributed by atoms with Crippen LogP contribution in [0.5, 0.6) is 0 Å². The van der Waals surface area contributed by atoms with Crippen LogP contribution in [0, 0.1) is 11.3 Å². The van der Waals surface area contributed by atoms with E-state index in [0.29, 0.717) is 4.57 Å². The fourth-order valence-corrected chi connectivity index (χ4v) is 2.04. The largest absolute Gasteiger partial charge is 0.394 e. The van der Waals surface area contributed by atoms with Gasteiger partial charge in [0.25, 0.3) is 0 Å². The molecular formula is C10H9ClFN3O5. The van der Waals surface area contributed by atoms with Gasteiger partial charge in [0.15, 0.2) is 6.23 Å². The molecule has 8 nitrogen and oxygen atoms in total. The maximum atomic E-state index is 14.8. The minimum Gasteiger partial charge on any atom is -0.394 e. The van der Waals surface area contributed by atoms with Gasteiger partial charge in [0.2, 0.25) is 5.67 Å². The lowest BCUT2D eigenvalue weighted by Gasteiger charge is -2.23. The van der Waals surface area contributed by atoms with E-state index >= 15 is 0 Å². The third-order valence-corrected chi connectivity index (χ3v) is 2.96. The Hall–Kier alpha value is -1.73. The Bertz CT molecular complexity index is 680. The van der Waals surface area contributed by atoms with Crippen molar-refractivity contribution < 1.29 is 19.3 Å². The second-order valence-corrected chi connectivity index (χ2v) is 4.22. The number of aliphatic hydroxyl groups is 2. The molecule has 108 valence electrons. The molecule has 4 atom stereocenters. The normalized spacial score (nSPS) is 32.7. The van der Waals surface area contributed by atoms with Crippen LogP contribution in [0.2, 0.25) is 0 Å². The van der Waals surface area contributed by atoms with Crippen LogP contribution in [-0.2, 0) is 4.74 Å². The second-order valence-electron chi connectivity index (χ2n) is 4.03. The van der Waals surface area contributed by atoms with Crippen molar-refractivity contribution in [2.45, 2.75) is 24.1 Å². The molecule has 1 aliphatic heterocycles. The fourth-order valence-electron chi connectivity index (χ4n) is 1.90. The van der Waals surface area contributed by atoms with Crippen LogP contribution in [0.3, 0.4) is 0 Å². The van der Waals surface area contributed by atoms with Gasteiger partial charge in [-0.15, -0.1) is 0 Å². The molecule has 2 rings (SSSR count). The lowest BCUT2D eigenvalue weighted by molar-refractivity contribution is -0.0548. The summed E-state index contributed by atoms with van der Waals surface area (Å²) in [5.41, 5.74) is -4.66. The van der Waals surface area contributed by atoms with Crippen molar-refractivity contribution in [3.8, 4) is 11.3 Å². The summed E-state index contributed by atoms with van der Waals surface area (Å²) >= 11 is 5.15. The first-order valence-electron chi connectivity index (χ1n) is 5.37. The standard InChI is InChI=1S/C10H9ClFN3O5/c11-2-1-10(12)6(17)5(3-16)20-7(10)15-4-13-8(18)14-9(15)19/h4-7,16-17H,3H2,(H,14,18,19)/t5-,6+,7-,10?/m1/s1. The van der Waals surface area contributed by atoms with Crippen LogP contribution in [-0.4, -0.2) is 49.2 Å². The molecule has 1 unspecified atom stereocenters. The zero-order valence-electron chi connectivity index (χ0n) is 9.79. The van der Waals surface area contributed by atoms with Crippen molar-refractivity contribution in [2.75, 3.05) is 6.61 Å². The predicted molar refractivity (Wildman–Crippen MR) is 63.6 cm³/mol. The van der Waals surface area contributed by atoms with Crippen LogP contribution in [0.4, 0.5) is 4.39 Å². The SMILES string of the molecule is O=c1ncn([C@@H]2O[C@H](CO)[C@H](O)C2(F)C#CCl)c(=O)[nH]1. The van der Waals surface area contributed by atoms with Crippen molar-refractivity contribution in [3.05, 3.63) is 27.3 Å². The van der Waals surface area contributed by atoms with Gasteiger partial charge in [-0.2, -0.15) is 4.98 Å². The molecule has 1 saturated heterocycles. The van der Waals surface area contributed by atoms with E-state index in [4.69, 9.17) is 21.4 Å². The molecule has 10 heteroatoms. The van der Waals surface area contributed by atoms with Gasteiger partial charge < -0.3 is 14.9 Å². The lowest BCUT2D eigenvalue weighted by atomic mass is 9.97. The number of hydrogen-bond donors (Lipinski definition) is 3. The number of halogens is 2. The Morgan fingerprint density at radius 1 is 1.65 bits per heavy atom. The van der Waals surface area contributed by atoms with Gasteiger partial charge >= 0.3 is 11.4 Å². The molecule has 2 heterocycles. The topological polar surface area (TPSA) is 117 Å². The smallest absolute Gasteiger partial charge is 0.350 e. The highest BCUT2D eigenvalue weighted by atomic mass is 35.5. The highest BCUT2D eigenvalue weighted by molar-refractivity contribution is 6.30.